The van der Waals surface area contributed by atoms with Gasteiger partial charge in [-0.25, -0.2) is 4.98 Å². The van der Waals surface area contributed by atoms with Crippen LogP contribution in [0.2, 0.25) is 0 Å². The Morgan fingerprint density at radius 3 is 2.93 bits per heavy atom. The van der Waals surface area contributed by atoms with E-state index in [0.717, 1.165) is 25.3 Å². The van der Waals surface area contributed by atoms with Gasteiger partial charge in [-0.3, -0.25) is 19.1 Å². The number of piperazine rings is 1. The first-order valence-electron chi connectivity index (χ1n) is 10.2. The lowest BCUT2D eigenvalue weighted by molar-refractivity contribution is 0.231. The third-order valence-electron chi connectivity index (χ3n) is 5.65. The summed E-state index contributed by atoms with van der Waals surface area (Å²) in [6.45, 7) is 13.8. The lowest BCUT2D eigenvalue weighted by Gasteiger charge is -2.38. The van der Waals surface area contributed by atoms with Gasteiger partial charge in [-0.15, -0.1) is 0 Å². The van der Waals surface area contributed by atoms with Crippen molar-refractivity contribution in [3.8, 4) is 0 Å². The molecule has 2 saturated heterocycles. The van der Waals surface area contributed by atoms with E-state index in [9.17, 15) is 4.79 Å². The molecule has 2 aliphatic heterocycles. The Morgan fingerprint density at radius 2 is 2.13 bits per heavy atom. The van der Waals surface area contributed by atoms with Crippen LogP contribution in [0.5, 0.6) is 0 Å². The van der Waals surface area contributed by atoms with E-state index < -0.39 is 0 Å². The molecule has 0 saturated carbocycles. The maximum absolute atomic E-state index is 12.8. The first-order chi connectivity index (χ1) is 14.4. The van der Waals surface area contributed by atoms with Crippen molar-refractivity contribution in [2.75, 3.05) is 31.1 Å². The Morgan fingerprint density at radius 1 is 1.30 bits per heavy atom. The van der Waals surface area contributed by atoms with Crippen LogP contribution in [0.3, 0.4) is 0 Å². The topological polar surface area (TPSA) is 53.2 Å². The van der Waals surface area contributed by atoms with E-state index in [4.69, 9.17) is 11.6 Å². The van der Waals surface area contributed by atoms with Crippen LogP contribution in [0.4, 0.5) is 5.69 Å². The van der Waals surface area contributed by atoms with Gasteiger partial charge in [0.15, 0.2) is 0 Å². The van der Waals surface area contributed by atoms with Crippen LogP contribution in [0.15, 0.2) is 64.1 Å². The maximum Gasteiger partial charge on any atom is 0.258 e. The standard InChI is InChI=1S/C23H26ClN5O/c1-16(2)25-13-18(24)11-17(3)21-12-23(30)29-15-20(6-7-22(29)26-21)28-10-9-27-8-4-5-19(27)14-28/h6-7,11-13,15,19H,1,3-5,8-10,14H2,2H3/b18-11+,25-13+/t19-/m1/s1. The predicted octanol–water partition coefficient (Wildman–Crippen LogP) is 3.72. The Hall–Kier alpha value is -2.70. The molecule has 1 atom stereocenters. The SMILES string of the molecule is C=C(C)/N=C/C(Cl)=C\C(=C)c1cc(=O)n2cc(N3CCN4CCC[C@@H]4C3)ccc2n1. The molecule has 0 aromatic carbocycles. The second-order valence-electron chi connectivity index (χ2n) is 7.92. The van der Waals surface area contributed by atoms with Crippen LogP contribution in [-0.4, -0.2) is 52.7 Å². The summed E-state index contributed by atoms with van der Waals surface area (Å²) in [4.78, 5) is 26.4. The van der Waals surface area contributed by atoms with E-state index in [1.165, 1.54) is 31.7 Å². The van der Waals surface area contributed by atoms with Gasteiger partial charge in [-0.05, 0) is 50.1 Å². The zero-order valence-electron chi connectivity index (χ0n) is 17.2. The number of rotatable bonds is 5. The van der Waals surface area contributed by atoms with Crippen molar-refractivity contribution in [3.63, 3.8) is 0 Å². The van der Waals surface area contributed by atoms with Gasteiger partial charge in [0.1, 0.15) is 5.65 Å². The smallest absolute Gasteiger partial charge is 0.258 e. The number of anilines is 1. The van der Waals surface area contributed by atoms with Crippen molar-refractivity contribution >= 4 is 34.7 Å². The number of hydrogen-bond acceptors (Lipinski definition) is 5. The highest BCUT2D eigenvalue weighted by atomic mass is 35.5. The van der Waals surface area contributed by atoms with E-state index in [1.807, 2.05) is 18.3 Å². The summed E-state index contributed by atoms with van der Waals surface area (Å²) < 4.78 is 1.60. The van der Waals surface area contributed by atoms with Crippen molar-refractivity contribution in [2.45, 2.75) is 25.8 Å². The quantitative estimate of drug-likeness (QED) is 0.543. The lowest BCUT2D eigenvalue weighted by atomic mass is 10.1. The Balaban J connectivity index is 1.58. The first-order valence-corrected chi connectivity index (χ1v) is 10.6. The highest BCUT2D eigenvalue weighted by Gasteiger charge is 2.30. The molecule has 30 heavy (non-hydrogen) atoms. The van der Waals surface area contributed by atoms with E-state index in [2.05, 4.69) is 32.9 Å². The highest BCUT2D eigenvalue weighted by molar-refractivity contribution is 6.40. The number of pyridine rings is 1. The van der Waals surface area contributed by atoms with Crippen LogP contribution < -0.4 is 10.5 Å². The fourth-order valence-corrected chi connectivity index (χ4v) is 4.30. The summed E-state index contributed by atoms with van der Waals surface area (Å²) in [5.74, 6) is 0. The molecule has 2 aliphatic rings. The molecule has 0 bridgehead atoms. The summed E-state index contributed by atoms with van der Waals surface area (Å²) in [6.07, 6.45) is 7.57. The number of halogens is 1. The number of hydrogen-bond donors (Lipinski definition) is 0. The van der Waals surface area contributed by atoms with Gasteiger partial charge in [0.25, 0.3) is 5.56 Å². The van der Waals surface area contributed by atoms with E-state index in [1.54, 1.807) is 17.4 Å². The van der Waals surface area contributed by atoms with Gasteiger partial charge in [-0.2, -0.15) is 0 Å². The van der Waals surface area contributed by atoms with E-state index in [0.29, 0.717) is 33.7 Å². The van der Waals surface area contributed by atoms with Crippen LogP contribution in [0, 0.1) is 0 Å². The number of allylic oxidation sites excluding steroid dienone is 4. The fourth-order valence-electron chi connectivity index (χ4n) is 4.12. The molecular weight excluding hydrogens is 398 g/mol. The minimum absolute atomic E-state index is 0.141. The Labute approximate surface area is 181 Å². The number of aromatic nitrogens is 2. The summed E-state index contributed by atoms with van der Waals surface area (Å²) in [5, 5.41) is 0.395. The molecule has 2 aromatic heterocycles. The van der Waals surface area contributed by atoms with Crippen LogP contribution in [-0.2, 0) is 0 Å². The van der Waals surface area contributed by atoms with Gasteiger partial charge in [0.05, 0.1) is 16.4 Å². The van der Waals surface area contributed by atoms with Crippen LogP contribution in [0.25, 0.3) is 11.2 Å². The van der Waals surface area contributed by atoms with Gasteiger partial charge < -0.3 is 4.90 Å². The highest BCUT2D eigenvalue weighted by Crippen LogP contribution is 2.25. The second-order valence-corrected chi connectivity index (χ2v) is 8.36. The van der Waals surface area contributed by atoms with Crippen molar-refractivity contribution < 1.29 is 0 Å². The molecule has 4 heterocycles. The molecule has 7 heteroatoms. The molecule has 4 rings (SSSR count). The molecule has 156 valence electrons. The summed E-state index contributed by atoms with van der Waals surface area (Å²) in [6, 6.07) is 6.05. The molecule has 0 radical (unpaired) electrons. The van der Waals surface area contributed by atoms with Crippen molar-refractivity contribution in [3.05, 3.63) is 70.4 Å². The summed E-state index contributed by atoms with van der Waals surface area (Å²) in [5.41, 5.74) is 3.20. The first kappa shape index (κ1) is 20.6. The molecule has 2 aromatic rings. The van der Waals surface area contributed by atoms with Crippen molar-refractivity contribution in [2.24, 2.45) is 4.99 Å². The molecule has 0 aliphatic carbocycles. The third-order valence-corrected chi connectivity index (χ3v) is 5.85. The number of fused-ring (bicyclic) bond motifs is 2. The zero-order valence-corrected chi connectivity index (χ0v) is 18.0. The van der Waals surface area contributed by atoms with Crippen molar-refractivity contribution in [1.29, 1.82) is 0 Å². The van der Waals surface area contributed by atoms with Gasteiger partial charge >= 0.3 is 0 Å². The molecule has 0 unspecified atom stereocenters. The van der Waals surface area contributed by atoms with Gasteiger partial charge in [-0.1, -0.05) is 24.8 Å². The number of aliphatic imine (C=N–C) groups is 1. The molecule has 0 N–H and O–H groups in total. The molecule has 2 fully saturated rings. The van der Waals surface area contributed by atoms with E-state index in [-0.39, 0.29) is 5.56 Å². The van der Waals surface area contributed by atoms with E-state index >= 15 is 0 Å². The Bertz CT molecular complexity index is 1120. The predicted molar refractivity (Wildman–Crippen MR) is 125 cm³/mol. The minimum atomic E-state index is -0.141. The van der Waals surface area contributed by atoms with Crippen molar-refractivity contribution in [1.82, 2.24) is 14.3 Å². The normalized spacial score (nSPS) is 20.1. The number of nitrogens with zero attached hydrogens (tertiary/aromatic N) is 5. The maximum atomic E-state index is 12.8. The van der Waals surface area contributed by atoms with Crippen LogP contribution >= 0.6 is 11.6 Å². The monoisotopic (exact) mass is 423 g/mol. The molecular formula is C23H26ClN5O. The summed E-state index contributed by atoms with van der Waals surface area (Å²) >= 11 is 6.16. The third kappa shape index (κ3) is 4.40. The van der Waals surface area contributed by atoms with Crippen LogP contribution in [0.1, 0.15) is 25.5 Å². The zero-order chi connectivity index (χ0) is 21.3. The second kappa shape index (κ2) is 8.58. The fraction of sp³-hybridized carbons (Fsp3) is 0.348. The minimum Gasteiger partial charge on any atom is -0.367 e. The molecule has 0 spiro atoms. The average molecular weight is 424 g/mol. The molecule has 6 nitrogen and oxygen atoms in total. The average Bonchev–Trinajstić information content (AvgIpc) is 3.19. The molecule has 0 amide bonds. The van der Waals surface area contributed by atoms with Gasteiger partial charge in [0.2, 0.25) is 0 Å². The summed E-state index contributed by atoms with van der Waals surface area (Å²) in [7, 11) is 0. The lowest BCUT2D eigenvalue weighted by Crippen LogP contribution is -2.50. The Kier molecular flexibility index (Phi) is 5.88. The van der Waals surface area contributed by atoms with Gasteiger partial charge in [0, 0.05) is 49.9 Å². The largest absolute Gasteiger partial charge is 0.367 e.